The van der Waals surface area contributed by atoms with Gasteiger partial charge in [-0.05, 0) is 69.8 Å². The lowest BCUT2D eigenvalue weighted by atomic mass is 9.93. The van der Waals surface area contributed by atoms with Gasteiger partial charge in [0.05, 0.1) is 11.4 Å². The highest BCUT2D eigenvalue weighted by atomic mass is 15.3. The van der Waals surface area contributed by atoms with Gasteiger partial charge in [0.15, 0.2) is 0 Å². The zero-order valence-electron chi connectivity index (χ0n) is 12.9. The Kier molecular flexibility index (Phi) is 4.34. The Balaban J connectivity index is 1.73. The number of nitrogens with zero attached hydrogens (tertiary/aromatic N) is 3. The Bertz CT molecular complexity index is 565. The minimum atomic E-state index is 0.352. The highest BCUT2D eigenvalue weighted by molar-refractivity contribution is 5.54. The number of nitrogens with one attached hydrogen (secondary N) is 1. The predicted octanol–water partition coefficient (Wildman–Crippen LogP) is 3.07. The molecule has 0 aromatic carbocycles. The molecule has 4 heteroatoms. The van der Waals surface area contributed by atoms with E-state index in [1.807, 2.05) is 23.1 Å². The third kappa shape index (κ3) is 3.32. The molecule has 1 N–H and O–H groups in total. The zero-order valence-corrected chi connectivity index (χ0v) is 12.9. The maximum absolute atomic E-state index is 4.65. The molecule has 3 rings (SSSR count). The van der Waals surface area contributed by atoms with Gasteiger partial charge in [-0.1, -0.05) is 6.07 Å². The first kappa shape index (κ1) is 14.3. The minimum Gasteiger partial charge on any atom is -0.316 e. The van der Waals surface area contributed by atoms with Crippen LogP contribution in [0.2, 0.25) is 0 Å². The molecule has 4 nitrogen and oxygen atoms in total. The van der Waals surface area contributed by atoms with Gasteiger partial charge in [0.2, 0.25) is 0 Å². The molecular weight excluding hydrogens is 260 g/mol. The lowest BCUT2D eigenvalue weighted by molar-refractivity contribution is 0.376. The second kappa shape index (κ2) is 6.39. The van der Waals surface area contributed by atoms with E-state index in [1.54, 1.807) is 0 Å². The fourth-order valence-corrected chi connectivity index (χ4v) is 3.06. The van der Waals surface area contributed by atoms with Crippen LogP contribution in [0.4, 0.5) is 0 Å². The van der Waals surface area contributed by atoms with Crippen LogP contribution in [0, 0.1) is 5.92 Å². The fraction of sp³-hybridized carbons (Fsp3) is 0.529. The molecule has 1 saturated heterocycles. The summed E-state index contributed by atoms with van der Waals surface area (Å²) < 4.78 is 2.02. The van der Waals surface area contributed by atoms with Crippen molar-refractivity contribution in [2.24, 2.45) is 5.92 Å². The van der Waals surface area contributed by atoms with Gasteiger partial charge < -0.3 is 5.32 Å². The molecule has 21 heavy (non-hydrogen) atoms. The van der Waals surface area contributed by atoms with Gasteiger partial charge in [0.1, 0.15) is 0 Å². The highest BCUT2D eigenvalue weighted by Gasteiger charge is 2.14. The first-order chi connectivity index (χ1) is 10.2. The van der Waals surface area contributed by atoms with Crippen LogP contribution in [0.5, 0.6) is 0 Å². The smallest absolute Gasteiger partial charge is 0.0883 e. The molecule has 0 saturated carbocycles. The van der Waals surface area contributed by atoms with Gasteiger partial charge in [0.25, 0.3) is 0 Å². The van der Waals surface area contributed by atoms with Gasteiger partial charge in [0, 0.05) is 18.4 Å². The molecule has 2 aromatic heterocycles. The van der Waals surface area contributed by atoms with Crippen molar-refractivity contribution in [3.63, 3.8) is 0 Å². The Labute approximate surface area is 126 Å². The van der Waals surface area contributed by atoms with Crippen molar-refractivity contribution < 1.29 is 0 Å². The summed E-state index contributed by atoms with van der Waals surface area (Å²) >= 11 is 0. The number of hydrogen-bond acceptors (Lipinski definition) is 3. The maximum atomic E-state index is 4.65. The van der Waals surface area contributed by atoms with Gasteiger partial charge in [-0.15, -0.1) is 0 Å². The van der Waals surface area contributed by atoms with Crippen LogP contribution < -0.4 is 5.32 Å². The average molecular weight is 284 g/mol. The number of hydrogen-bond donors (Lipinski definition) is 1. The van der Waals surface area contributed by atoms with Crippen LogP contribution in [0.15, 0.2) is 30.6 Å². The number of rotatable bonds is 4. The standard InChI is InChI=1S/C17H24N4/c1-13(2)21-17(7-9-20-21)16-6-5-15(12-19-16)10-14-4-3-8-18-11-14/h5-7,9,12-14,18H,3-4,8,10-11H2,1-2H3. The number of piperidine rings is 1. The van der Waals surface area contributed by atoms with Crippen molar-refractivity contribution in [3.8, 4) is 11.4 Å². The molecule has 0 amide bonds. The second-order valence-corrected chi connectivity index (χ2v) is 6.22. The quantitative estimate of drug-likeness (QED) is 0.938. The summed E-state index contributed by atoms with van der Waals surface area (Å²) in [6.07, 6.45) is 7.63. The Morgan fingerprint density at radius 2 is 2.24 bits per heavy atom. The normalized spacial score (nSPS) is 19.1. The summed E-state index contributed by atoms with van der Waals surface area (Å²) in [7, 11) is 0. The Morgan fingerprint density at radius 3 is 2.90 bits per heavy atom. The van der Waals surface area contributed by atoms with Gasteiger partial charge in [-0.2, -0.15) is 5.10 Å². The monoisotopic (exact) mass is 284 g/mol. The molecule has 3 heterocycles. The van der Waals surface area contributed by atoms with Crippen LogP contribution >= 0.6 is 0 Å². The van der Waals surface area contributed by atoms with Gasteiger partial charge in [-0.3, -0.25) is 9.67 Å². The van der Waals surface area contributed by atoms with Crippen molar-refractivity contribution in [2.75, 3.05) is 13.1 Å². The van der Waals surface area contributed by atoms with E-state index < -0.39 is 0 Å². The molecule has 1 atom stereocenters. The van der Waals surface area contributed by atoms with E-state index in [9.17, 15) is 0 Å². The molecule has 1 unspecified atom stereocenters. The van der Waals surface area contributed by atoms with Gasteiger partial charge >= 0.3 is 0 Å². The number of pyridine rings is 1. The van der Waals surface area contributed by atoms with E-state index in [0.29, 0.717) is 6.04 Å². The van der Waals surface area contributed by atoms with E-state index in [1.165, 1.54) is 24.9 Å². The van der Waals surface area contributed by atoms with E-state index in [-0.39, 0.29) is 0 Å². The topological polar surface area (TPSA) is 42.7 Å². The summed E-state index contributed by atoms with van der Waals surface area (Å²) in [5.74, 6) is 0.757. The van der Waals surface area contributed by atoms with E-state index in [0.717, 1.165) is 30.3 Å². The highest BCUT2D eigenvalue weighted by Crippen LogP contribution is 2.21. The SMILES string of the molecule is CC(C)n1nccc1-c1ccc(CC2CCCNC2)cn1. The van der Waals surface area contributed by atoms with E-state index >= 15 is 0 Å². The predicted molar refractivity (Wildman–Crippen MR) is 85.1 cm³/mol. The summed E-state index contributed by atoms with van der Waals surface area (Å²) in [5, 5.41) is 7.85. The molecule has 0 aliphatic carbocycles. The van der Waals surface area contributed by atoms with Crippen LogP contribution in [-0.2, 0) is 6.42 Å². The molecule has 1 aliphatic rings. The molecule has 0 radical (unpaired) electrons. The fourth-order valence-electron chi connectivity index (χ4n) is 3.06. The Morgan fingerprint density at radius 1 is 1.33 bits per heavy atom. The molecule has 1 fully saturated rings. The van der Waals surface area contributed by atoms with Gasteiger partial charge in [-0.25, -0.2) is 0 Å². The van der Waals surface area contributed by atoms with Crippen LogP contribution in [0.25, 0.3) is 11.4 Å². The van der Waals surface area contributed by atoms with Crippen molar-refractivity contribution in [2.45, 2.75) is 39.2 Å². The Hall–Kier alpha value is -1.68. The average Bonchev–Trinajstić information content (AvgIpc) is 2.99. The molecule has 2 aromatic rings. The van der Waals surface area contributed by atoms with Crippen molar-refractivity contribution >= 4 is 0 Å². The van der Waals surface area contributed by atoms with Crippen LogP contribution in [0.3, 0.4) is 0 Å². The molecule has 0 bridgehead atoms. The maximum Gasteiger partial charge on any atom is 0.0883 e. The molecule has 0 spiro atoms. The van der Waals surface area contributed by atoms with Crippen LogP contribution in [0.1, 0.15) is 38.3 Å². The van der Waals surface area contributed by atoms with Crippen molar-refractivity contribution in [1.29, 1.82) is 0 Å². The molecular formula is C17H24N4. The first-order valence-electron chi connectivity index (χ1n) is 7.93. The van der Waals surface area contributed by atoms with Crippen molar-refractivity contribution in [3.05, 3.63) is 36.2 Å². The van der Waals surface area contributed by atoms with Crippen molar-refractivity contribution in [1.82, 2.24) is 20.1 Å². The van der Waals surface area contributed by atoms with E-state index in [2.05, 4.69) is 41.4 Å². The van der Waals surface area contributed by atoms with E-state index in [4.69, 9.17) is 0 Å². The lowest BCUT2D eigenvalue weighted by Gasteiger charge is -2.22. The summed E-state index contributed by atoms with van der Waals surface area (Å²) in [6.45, 7) is 6.59. The third-order valence-electron chi connectivity index (χ3n) is 4.17. The lowest BCUT2D eigenvalue weighted by Crippen LogP contribution is -2.30. The summed E-state index contributed by atoms with van der Waals surface area (Å²) in [4.78, 5) is 4.65. The number of aromatic nitrogens is 3. The first-order valence-corrected chi connectivity index (χ1v) is 7.93. The zero-order chi connectivity index (χ0) is 14.7. The summed E-state index contributed by atoms with van der Waals surface area (Å²) in [5.41, 5.74) is 3.44. The molecule has 1 aliphatic heterocycles. The molecule has 112 valence electrons. The van der Waals surface area contributed by atoms with Crippen LogP contribution in [-0.4, -0.2) is 27.9 Å². The third-order valence-corrected chi connectivity index (χ3v) is 4.17. The summed E-state index contributed by atoms with van der Waals surface area (Å²) in [6, 6.07) is 6.73. The minimum absolute atomic E-state index is 0.352. The second-order valence-electron chi connectivity index (χ2n) is 6.22. The largest absolute Gasteiger partial charge is 0.316 e.